The highest BCUT2D eigenvalue weighted by molar-refractivity contribution is 5.88. The molecule has 1 aromatic carbocycles. The molecule has 6 heteroatoms. The van der Waals surface area contributed by atoms with E-state index in [1.54, 1.807) is 18.0 Å². The Hall–Kier alpha value is -2.86. The number of pyridine rings is 1. The van der Waals surface area contributed by atoms with E-state index >= 15 is 0 Å². The lowest BCUT2D eigenvalue weighted by Gasteiger charge is -2.22. The Labute approximate surface area is 151 Å². The molecule has 3 aromatic heterocycles. The van der Waals surface area contributed by atoms with Gasteiger partial charge in [0, 0.05) is 28.9 Å². The van der Waals surface area contributed by atoms with Gasteiger partial charge in [0.2, 0.25) is 0 Å². The Morgan fingerprint density at radius 3 is 2.88 bits per heavy atom. The van der Waals surface area contributed by atoms with Crippen molar-refractivity contribution in [3.8, 4) is 16.9 Å². The zero-order valence-corrected chi connectivity index (χ0v) is 14.7. The number of fused-ring (bicyclic) bond motifs is 2. The van der Waals surface area contributed by atoms with Crippen LogP contribution in [0.2, 0.25) is 0 Å². The molecule has 0 spiro atoms. The number of benzene rings is 1. The van der Waals surface area contributed by atoms with Crippen molar-refractivity contribution < 1.29 is 4.74 Å². The van der Waals surface area contributed by atoms with Gasteiger partial charge < -0.3 is 15.0 Å². The molecule has 1 fully saturated rings. The molecule has 0 bridgehead atoms. The number of hydrogen-bond acceptors (Lipinski definition) is 4. The Morgan fingerprint density at radius 1 is 1.15 bits per heavy atom. The van der Waals surface area contributed by atoms with Crippen LogP contribution in [0.3, 0.4) is 0 Å². The zero-order valence-electron chi connectivity index (χ0n) is 14.7. The minimum absolute atomic E-state index is 0.641. The highest BCUT2D eigenvalue weighted by atomic mass is 16.5. The maximum absolute atomic E-state index is 5.48. The second-order valence-electron chi connectivity index (χ2n) is 6.85. The molecule has 1 aliphatic rings. The predicted octanol–water partition coefficient (Wildman–Crippen LogP) is 3.35. The maximum Gasteiger partial charge on any atom is 0.197 e. The number of nitrogens with zero attached hydrogens (tertiary/aromatic N) is 3. The molecule has 2 N–H and O–H groups in total. The van der Waals surface area contributed by atoms with Crippen molar-refractivity contribution in [3.05, 3.63) is 48.5 Å². The molecule has 4 heterocycles. The molecule has 1 saturated heterocycles. The van der Waals surface area contributed by atoms with Crippen LogP contribution in [0.4, 0.5) is 0 Å². The van der Waals surface area contributed by atoms with Crippen molar-refractivity contribution in [3.63, 3.8) is 0 Å². The van der Waals surface area contributed by atoms with Crippen molar-refractivity contribution in [1.82, 2.24) is 24.9 Å². The summed E-state index contributed by atoms with van der Waals surface area (Å²) in [6.45, 7) is 2.21. The van der Waals surface area contributed by atoms with E-state index in [9.17, 15) is 0 Å². The van der Waals surface area contributed by atoms with E-state index in [0.29, 0.717) is 5.92 Å². The average molecular weight is 347 g/mol. The first-order valence-corrected chi connectivity index (χ1v) is 9.03. The molecule has 0 radical (unpaired) electrons. The van der Waals surface area contributed by atoms with Gasteiger partial charge in [-0.3, -0.25) is 0 Å². The van der Waals surface area contributed by atoms with Crippen molar-refractivity contribution in [2.45, 2.75) is 18.8 Å². The fourth-order valence-corrected chi connectivity index (χ4v) is 4.00. The summed E-state index contributed by atoms with van der Waals surface area (Å²) in [7, 11) is 1.66. The summed E-state index contributed by atoms with van der Waals surface area (Å²) in [5, 5.41) is 9.02. The van der Waals surface area contributed by atoms with E-state index in [1.807, 2.05) is 12.3 Å². The number of hydrogen-bond donors (Lipinski definition) is 2. The SMILES string of the molecule is COc1cc(-c2ccc3c(C4CCNCC4)c[nH]c3c2)cn2ncnc12. The highest BCUT2D eigenvalue weighted by Crippen LogP contribution is 2.34. The molecule has 0 aliphatic carbocycles. The lowest BCUT2D eigenvalue weighted by Crippen LogP contribution is -2.26. The van der Waals surface area contributed by atoms with Gasteiger partial charge in [-0.25, -0.2) is 9.50 Å². The molecule has 5 rings (SSSR count). The largest absolute Gasteiger partial charge is 0.493 e. The third-order valence-corrected chi connectivity index (χ3v) is 5.39. The van der Waals surface area contributed by atoms with Gasteiger partial charge in [0.25, 0.3) is 0 Å². The number of aromatic nitrogens is 4. The number of ether oxygens (including phenoxy) is 1. The van der Waals surface area contributed by atoms with Gasteiger partial charge in [0.05, 0.1) is 7.11 Å². The molecule has 132 valence electrons. The van der Waals surface area contributed by atoms with Crippen molar-refractivity contribution in [2.24, 2.45) is 0 Å². The molecular weight excluding hydrogens is 326 g/mol. The van der Waals surface area contributed by atoms with Gasteiger partial charge in [-0.1, -0.05) is 12.1 Å². The van der Waals surface area contributed by atoms with E-state index in [1.165, 1.54) is 29.3 Å². The number of H-pyrrole nitrogens is 1. The van der Waals surface area contributed by atoms with Gasteiger partial charge in [0.15, 0.2) is 11.4 Å². The lowest BCUT2D eigenvalue weighted by atomic mass is 9.89. The molecule has 4 aromatic rings. The molecule has 0 atom stereocenters. The first-order valence-electron chi connectivity index (χ1n) is 9.03. The summed E-state index contributed by atoms with van der Waals surface area (Å²) in [4.78, 5) is 7.71. The third-order valence-electron chi connectivity index (χ3n) is 5.39. The van der Waals surface area contributed by atoms with Crippen LogP contribution in [-0.2, 0) is 0 Å². The van der Waals surface area contributed by atoms with Crippen molar-refractivity contribution >= 4 is 16.6 Å². The summed E-state index contributed by atoms with van der Waals surface area (Å²) in [6, 6.07) is 8.63. The number of nitrogens with one attached hydrogen (secondary N) is 2. The topological polar surface area (TPSA) is 67.2 Å². The second-order valence-corrected chi connectivity index (χ2v) is 6.85. The number of methoxy groups -OCH3 is 1. The van der Waals surface area contributed by atoms with Crippen LogP contribution in [0.1, 0.15) is 24.3 Å². The van der Waals surface area contributed by atoms with Crippen LogP contribution in [0.5, 0.6) is 5.75 Å². The van der Waals surface area contributed by atoms with Gasteiger partial charge in [0.1, 0.15) is 6.33 Å². The van der Waals surface area contributed by atoms with E-state index in [0.717, 1.165) is 35.6 Å². The number of rotatable bonds is 3. The summed E-state index contributed by atoms with van der Waals surface area (Å²) in [5.41, 5.74) is 5.53. The Morgan fingerprint density at radius 2 is 2.04 bits per heavy atom. The molecule has 26 heavy (non-hydrogen) atoms. The number of aromatic amines is 1. The minimum atomic E-state index is 0.641. The Kier molecular flexibility index (Phi) is 3.64. The highest BCUT2D eigenvalue weighted by Gasteiger charge is 2.19. The standard InChI is InChI=1S/C20H21N5O/c1-26-19-9-15(11-25-20(19)23-12-24-25)14-2-3-16-17(10-22-18(16)8-14)13-4-6-21-7-5-13/h2-3,8-13,21-22H,4-7H2,1H3. The van der Waals surface area contributed by atoms with Crippen LogP contribution >= 0.6 is 0 Å². The smallest absolute Gasteiger partial charge is 0.197 e. The van der Waals surface area contributed by atoms with Crippen LogP contribution in [-0.4, -0.2) is 39.8 Å². The van der Waals surface area contributed by atoms with Crippen molar-refractivity contribution in [1.29, 1.82) is 0 Å². The van der Waals surface area contributed by atoms with E-state index in [2.05, 4.69) is 44.8 Å². The van der Waals surface area contributed by atoms with Crippen molar-refractivity contribution in [2.75, 3.05) is 20.2 Å². The van der Waals surface area contributed by atoms with E-state index < -0.39 is 0 Å². The molecule has 0 amide bonds. The first kappa shape index (κ1) is 15.4. The summed E-state index contributed by atoms with van der Waals surface area (Å²) in [5.74, 6) is 1.37. The summed E-state index contributed by atoms with van der Waals surface area (Å²) >= 11 is 0. The fourth-order valence-electron chi connectivity index (χ4n) is 4.00. The summed E-state index contributed by atoms with van der Waals surface area (Å²) in [6.07, 6.45) is 8.12. The summed E-state index contributed by atoms with van der Waals surface area (Å²) < 4.78 is 7.24. The monoisotopic (exact) mass is 347 g/mol. The van der Waals surface area contributed by atoms with Crippen LogP contribution in [0.25, 0.3) is 27.7 Å². The normalized spacial score (nSPS) is 15.7. The molecular formula is C20H21N5O. The van der Waals surface area contributed by atoms with Crippen LogP contribution in [0, 0.1) is 0 Å². The molecule has 0 saturated carbocycles. The Balaban J connectivity index is 1.58. The van der Waals surface area contributed by atoms with Gasteiger partial charge in [-0.15, -0.1) is 0 Å². The fraction of sp³-hybridized carbons (Fsp3) is 0.300. The van der Waals surface area contributed by atoms with Gasteiger partial charge >= 0.3 is 0 Å². The second kappa shape index (κ2) is 6.14. The maximum atomic E-state index is 5.48. The van der Waals surface area contributed by atoms with Crippen LogP contribution in [0.15, 0.2) is 43.0 Å². The Bertz CT molecular complexity index is 1070. The third kappa shape index (κ3) is 2.45. The minimum Gasteiger partial charge on any atom is -0.493 e. The average Bonchev–Trinajstić information content (AvgIpc) is 3.34. The molecule has 1 aliphatic heterocycles. The predicted molar refractivity (Wildman–Crippen MR) is 102 cm³/mol. The lowest BCUT2D eigenvalue weighted by molar-refractivity contribution is 0.417. The molecule has 6 nitrogen and oxygen atoms in total. The number of piperidine rings is 1. The van der Waals surface area contributed by atoms with E-state index in [-0.39, 0.29) is 0 Å². The quantitative estimate of drug-likeness (QED) is 0.596. The van der Waals surface area contributed by atoms with Gasteiger partial charge in [-0.2, -0.15) is 5.10 Å². The van der Waals surface area contributed by atoms with E-state index in [4.69, 9.17) is 4.74 Å². The zero-order chi connectivity index (χ0) is 17.5. The molecule has 0 unspecified atom stereocenters. The van der Waals surface area contributed by atoms with Crippen LogP contribution < -0.4 is 10.1 Å². The first-order chi connectivity index (χ1) is 12.8. The van der Waals surface area contributed by atoms with Gasteiger partial charge in [-0.05, 0) is 55.1 Å².